The summed E-state index contributed by atoms with van der Waals surface area (Å²) in [4.78, 5) is 0. The third kappa shape index (κ3) is 2.56. The fourth-order valence-electron chi connectivity index (χ4n) is 1.63. The van der Waals surface area contributed by atoms with Gasteiger partial charge in [0.15, 0.2) is 0 Å². The van der Waals surface area contributed by atoms with Gasteiger partial charge < -0.3 is 5.11 Å². The average molecular weight is 178 g/mol. The van der Waals surface area contributed by atoms with Crippen LogP contribution in [0.25, 0.3) is 0 Å². The molecule has 0 aliphatic rings. The Morgan fingerprint density at radius 2 is 2.00 bits per heavy atom. The number of aliphatic hydroxyl groups excluding tert-OH is 1. The second kappa shape index (κ2) is 4.43. The monoisotopic (exact) mass is 178 g/mol. The van der Waals surface area contributed by atoms with Crippen molar-refractivity contribution >= 4 is 0 Å². The van der Waals surface area contributed by atoms with Crippen LogP contribution in [0.15, 0.2) is 18.2 Å². The zero-order valence-electron chi connectivity index (χ0n) is 8.67. The molecule has 0 fully saturated rings. The molecule has 0 radical (unpaired) electrons. The second-order valence-electron chi connectivity index (χ2n) is 3.66. The van der Waals surface area contributed by atoms with Crippen molar-refractivity contribution in [2.24, 2.45) is 0 Å². The highest BCUT2D eigenvalue weighted by atomic mass is 16.3. The third-order valence-corrected chi connectivity index (χ3v) is 2.35. The Labute approximate surface area is 80.4 Å². The predicted molar refractivity (Wildman–Crippen MR) is 55.8 cm³/mol. The summed E-state index contributed by atoms with van der Waals surface area (Å²) >= 11 is 0. The van der Waals surface area contributed by atoms with Crippen LogP contribution >= 0.6 is 0 Å². The topological polar surface area (TPSA) is 20.2 Å². The van der Waals surface area contributed by atoms with Gasteiger partial charge in [-0.05, 0) is 31.4 Å². The van der Waals surface area contributed by atoms with Crippen LogP contribution in [0.2, 0.25) is 0 Å². The lowest BCUT2D eigenvalue weighted by molar-refractivity contribution is 0.166. The molecule has 0 bridgehead atoms. The molecule has 0 aromatic heterocycles. The van der Waals surface area contributed by atoms with E-state index in [1.54, 1.807) is 0 Å². The Bertz CT molecular complexity index is 278. The van der Waals surface area contributed by atoms with E-state index in [0.29, 0.717) is 0 Å². The minimum absolute atomic E-state index is 0.286. The van der Waals surface area contributed by atoms with E-state index >= 15 is 0 Å². The van der Waals surface area contributed by atoms with Gasteiger partial charge in [-0.1, -0.05) is 37.1 Å². The van der Waals surface area contributed by atoms with Crippen LogP contribution in [0.5, 0.6) is 0 Å². The largest absolute Gasteiger partial charge is 0.388 e. The summed E-state index contributed by atoms with van der Waals surface area (Å²) in [5, 5.41) is 9.79. The molecule has 1 nitrogen and oxygen atoms in total. The maximum Gasteiger partial charge on any atom is 0.0792 e. The number of hydrogen-bond donors (Lipinski definition) is 1. The predicted octanol–water partition coefficient (Wildman–Crippen LogP) is 3.14. The number of hydrogen-bond acceptors (Lipinski definition) is 1. The van der Waals surface area contributed by atoms with Crippen LogP contribution < -0.4 is 0 Å². The molecule has 0 aliphatic heterocycles. The molecule has 1 aromatic rings. The lowest BCUT2D eigenvalue weighted by Gasteiger charge is -2.12. The molecule has 0 saturated heterocycles. The fraction of sp³-hybridized carbons (Fsp3) is 0.500. The molecule has 13 heavy (non-hydrogen) atoms. The smallest absolute Gasteiger partial charge is 0.0792 e. The van der Waals surface area contributed by atoms with Crippen LogP contribution in [0.3, 0.4) is 0 Å². The first kappa shape index (κ1) is 10.3. The van der Waals surface area contributed by atoms with E-state index < -0.39 is 0 Å². The molecule has 0 aliphatic carbocycles. The molecular formula is C12H18O. The van der Waals surface area contributed by atoms with Crippen molar-refractivity contribution in [3.8, 4) is 0 Å². The summed E-state index contributed by atoms with van der Waals surface area (Å²) in [6, 6.07) is 6.21. The van der Waals surface area contributed by atoms with Crippen LogP contribution in [-0.4, -0.2) is 5.11 Å². The molecule has 1 unspecified atom stereocenters. The Morgan fingerprint density at radius 1 is 1.31 bits per heavy atom. The lowest BCUT2D eigenvalue weighted by Crippen LogP contribution is -1.99. The molecule has 1 aromatic carbocycles. The van der Waals surface area contributed by atoms with Crippen molar-refractivity contribution in [1.29, 1.82) is 0 Å². The summed E-state index contributed by atoms with van der Waals surface area (Å²) in [5.41, 5.74) is 3.53. The number of aryl methyl sites for hydroxylation is 2. The van der Waals surface area contributed by atoms with E-state index in [0.717, 1.165) is 18.4 Å². The minimum Gasteiger partial charge on any atom is -0.388 e. The molecule has 0 amide bonds. The molecular weight excluding hydrogens is 160 g/mol. The standard InChI is InChI=1S/C12H18O/c1-4-5-12(13)11-7-6-9(2)8-10(11)3/h6-8,12-13H,4-5H2,1-3H3. The molecule has 0 heterocycles. The highest BCUT2D eigenvalue weighted by molar-refractivity contribution is 5.31. The first-order valence-electron chi connectivity index (χ1n) is 4.90. The first-order chi connectivity index (χ1) is 6.15. The molecule has 1 rings (SSSR count). The quantitative estimate of drug-likeness (QED) is 0.754. The molecule has 1 heteroatoms. The van der Waals surface area contributed by atoms with Crippen molar-refractivity contribution in [1.82, 2.24) is 0 Å². The normalized spacial score (nSPS) is 12.9. The maximum absolute atomic E-state index is 9.79. The Hall–Kier alpha value is -0.820. The first-order valence-corrected chi connectivity index (χ1v) is 4.90. The molecule has 0 saturated carbocycles. The van der Waals surface area contributed by atoms with Crippen LogP contribution in [0, 0.1) is 13.8 Å². The van der Waals surface area contributed by atoms with Gasteiger partial charge in [-0.2, -0.15) is 0 Å². The Kier molecular flexibility index (Phi) is 3.49. The Morgan fingerprint density at radius 3 is 2.54 bits per heavy atom. The van der Waals surface area contributed by atoms with E-state index in [2.05, 4.69) is 32.9 Å². The summed E-state index contributed by atoms with van der Waals surface area (Å²) in [6.07, 6.45) is 1.59. The van der Waals surface area contributed by atoms with Gasteiger partial charge in [0.2, 0.25) is 0 Å². The zero-order valence-corrected chi connectivity index (χ0v) is 8.67. The summed E-state index contributed by atoms with van der Waals surface area (Å²) in [5.74, 6) is 0. The summed E-state index contributed by atoms with van der Waals surface area (Å²) in [7, 11) is 0. The SMILES string of the molecule is CCCC(O)c1ccc(C)cc1C. The molecule has 1 atom stereocenters. The summed E-state index contributed by atoms with van der Waals surface area (Å²) < 4.78 is 0. The van der Waals surface area contributed by atoms with E-state index in [1.807, 2.05) is 6.07 Å². The minimum atomic E-state index is -0.286. The highest BCUT2D eigenvalue weighted by Gasteiger charge is 2.08. The fourth-order valence-corrected chi connectivity index (χ4v) is 1.63. The molecule has 0 spiro atoms. The number of benzene rings is 1. The van der Waals surface area contributed by atoms with Crippen molar-refractivity contribution in [2.45, 2.75) is 39.7 Å². The molecule has 72 valence electrons. The van der Waals surface area contributed by atoms with Gasteiger partial charge in [-0.3, -0.25) is 0 Å². The van der Waals surface area contributed by atoms with Gasteiger partial charge in [-0.15, -0.1) is 0 Å². The summed E-state index contributed by atoms with van der Waals surface area (Å²) in [6.45, 7) is 6.22. The maximum atomic E-state index is 9.79. The number of aliphatic hydroxyl groups is 1. The van der Waals surface area contributed by atoms with Gasteiger partial charge in [0, 0.05) is 0 Å². The second-order valence-corrected chi connectivity index (χ2v) is 3.66. The van der Waals surface area contributed by atoms with Gasteiger partial charge in [-0.25, -0.2) is 0 Å². The highest BCUT2D eigenvalue weighted by Crippen LogP contribution is 2.22. The van der Waals surface area contributed by atoms with Crippen molar-refractivity contribution in [3.63, 3.8) is 0 Å². The van der Waals surface area contributed by atoms with Crippen LogP contribution in [-0.2, 0) is 0 Å². The van der Waals surface area contributed by atoms with Crippen molar-refractivity contribution < 1.29 is 5.11 Å². The number of rotatable bonds is 3. The Balaban J connectivity index is 2.88. The van der Waals surface area contributed by atoms with Gasteiger partial charge >= 0.3 is 0 Å². The van der Waals surface area contributed by atoms with E-state index in [-0.39, 0.29) is 6.10 Å². The van der Waals surface area contributed by atoms with Gasteiger partial charge in [0.1, 0.15) is 0 Å². The van der Waals surface area contributed by atoms with E-state index in [9.17, 15) is 5.11 Å². The lowest BCUT2D eigenvalue weighted by atomic mass is 9.98. The van der Waals surface area contributed by atoms with Crippen molar-refractivity contribution in [2.75, 3.05) is 0 Å². The molecule has 1 N–H and O–H groups in total. The van der Waals surface area contributed by atoms with E-state index in [4.69, 9.17) is 0 Å². The van der Waals surface area contributed by atoms with Crippen LogP contribution in [0.1, 0.15) is 42.6 Å². The third-order valence-electron chi connectivity index (χ3n) is 2.35. The zero-order chi connectivity index (χ0) is 9.84. The van der Waals surface area contributed by atoms with E-state index in [1.165, 1.54) is 11.1 Å². The van der Waals surface area contributed by atoms with Crippen LogP contribution in [0.4, 0.5) is 0 Å². The van der Waals surface area contributed by atoms with Crippen molar-refractivity contribution in [3.05, 3.63) is 34.9 Å². The average Bonchev–Trinajstić information content (AvgIpc) is 2.04. The van der Waals surface area contributed by atoms with Gasteiger partial charge in [0.25, 0.3) is 0 Å². The van der Waals surface area contributed by atoms with Gasteiger partial charge in [0.05, 0.1) is 6.10 Å².